The second-order valence-corrected chi connectivity index (χ2v) is 5.82. The van der Waals surface area contributed by atoms with Gasteiger partial charge in [-0.25, -0.2) is 9.18 Å². The van der Waals surface area contributed by atoms with Gasteiger partial charge in [0, 0.05) is 4.88 Å². The van der Waals surface area contributed by atoms with Gasteiger partial charge in [0.25, 0.3) is 0 Å². The van der Waals surface area contributed by atoms with Gasteiger partial charge in [0.1, 0.15) is 5.82 Å². The predicted octanol–water partition coefficient (Wildman–Crippen LogP) is 2.77. The van der Waals surface area contributed by atoms with Crippen LogP contribution in [0.25, 0.3) is 0 Å². The lowest BCUT2D eigenvalue weighted by Crippen LogP contribution is -2.35. The maximum atomic E-state index is 13.4. The number of thiophene rings is 1. The van der Waals surface area contributed by atoms with Crippen LogP contribution in [0.4, 0.5) is 4.39 Å². The van der Waals surface area contributed by atoms with Crippen LogP contribution >= 0.6 is 11.3 Å². The van der Waals surface area contributed by atoms with Gasteiger partial charge in [-0.15, -0.1) is 11.3 Å². The van der Waals surface area contributed by atoms with Crippen molar-refractivity contribution in [1.82, 2.24) is 5.32 Å². The Hall–Kier alpha value is -2.21. The molecule has 0 unspecified atom stereocenters. The van der Waals surface area contributed by atoms with Crippen molar-refractivity contribution in [3.05, 3.63) is 57.5 Å². The first-order valence-electron chi connectivity index (χ1n) is 6.67. The van der Waals surface area contributed by atoms with Gasteiger partial charge >= 0.3 is 5.97 Å². The van der Waals surface area contributed by atoms with Crippen LogP contribution in [0.3, 0.4) is 0 Å². The second kappa shape index (κ2) is 7.17. The summed E-state index contributed by atoms with van der Waals surface area (Å²) in [4.78, 5) is 24.9. The lowest BCUT2D eigenvalue weighted by Gasteiger charge is -2.17. The second-order valence-electron chi connectivity index (χ2n) is 4.79. The van der Waals surface area contributed by atoms with E-state index in [1.165, 1.54) is 36.6 Å². The quantitative estimate of drug-likeness (QED) is 0.862. The zero-order valence-corrected chi connectivity index (χ0v) is 13.1. The zero-order chi connectivity index (χ0) is 16.1. The molecule has 0 aliphatic carbocycles. The summed E-state index contributed by atoms with van der Waals surface area (Å²) in [6.45, 7) is 1.60. The lowest BCUT2D eigenvalue weighted by molar-refractivity contribution is -0.145. The molecule has 1 N–H and O–H groups in total. The molecular weight excluding hydrogens is 305 g/mol. The van der Waals surface area contributed by atoms with Gasteiger partial charge in [0.05, 0.1) is 13.5 Å². The number of hydrogen-bond donors (Lipinski definition) is 1. The lowest BCUT2D eigenvalue weighted by atomic mass is 10.0. The topological polar surface area (TPSA) is 55.4 Å². The molecule has 1 amide bonds. The smallest absolute Gasteiger partial charge is 0.333 e. The maximum Gasteiger partial charge on any atom is 0.333 e. The number of esters is 1. The van der Waals surface area contributed by atoms with Gasteiger partial charge in [0.15, 0.2) is 6.04 Å². The fraction of sp³-hybridized carbons (Fsp3) is 0.250. The zero-order valence-electron chi connectivity index (χ0n) is 12.3. The number of nitrogens with one attached hydrogen (secondary N) is 1. The van der Waals surface area contributed by atoms with Gasteiger partial charge in [0.2, 0.25) is 5.91 Å². The Labute approximate surface area is 131 Å². The van der Waals surface area contributed by atoms with E-state index in [4.69, 9.17) is 4.74 Å². The summed E-state index contributed by atoms with van der Waals surface area (Å²) in [7, 11) is 1.25. The summed E-state index contributed by atoms with van der Waals surface area (Å²) in [5, 5.41) is 4.52. The Bertz CT molecular complexity index is 670. The summed E-state index contributed by atoms with van der Waals surface area (Å²) in [6.07, 6.45) is 0.186. The number of carbonyl (C=O) groups excluding carboxylic acids is 2. The number of halogens is 1. The molecule has 0 radical (unpaired) electrons. The largest absolute Gasteiger partial charge is 0.467 e. The minimum atomic E-state index is -0.947. The molecule has 4 nitrogen and oxygen atoms in total. The highest BCUT2D eigenvalue weighted by Gasteiger charge is 2.24. The van der Waals surface area contributed by atoms with Crippen molar-refractivity contribution in [2.24, 2.45) is 0 Å². The van der Waals surface area contributed by atoms with Crippen LogP contribution in [-0.4, -0.2) is 19.0 Å². The number of carbonyl (C=O) groups is 2. The number of methoxy groups -OCH3 is 1. The normalized spacial score (nSPS) is 11.8. The van der Waals surface area contributed by atoms with Gasteiger partial charge in [-0.1, -0.05) is 18.2 Å². The number of amides is 1. The van der Waals surface area contributed by atoms with Crippen molar-refractivity contribution in [1.29, 1.82) is 0 Å². The first kappa shape index (κ1) is 16.2. The molecule has 1 aromatic carbocycles. The molecule has 1 aromatic heterocycles. The Balaban J connectivity index is 2.17. The third-order valence-electron chi connectivity index (χ3n) is 3.17. The molecule has 6 heteroatoms. The third-order valence-corrected chi connectivity index (χ3v) is 4.05. The molecule has 1 atom stereocenters. The highest BCUT2D eigenvalue weighted by molar-refractivity contribution is 7.10. The molecule has 0 saturated heterocycles. The number of aryl methyl sites for hydroxylation is 1. The number of benzene rings is 1. The minimum absolute atomic E-state index is 0.186. The Morgan fingerprint density at radius 1 is 1.36 bits per heavy atom. The first-order valence-corrected chi connectivity index (χ1v) is 7.55. The average molecular weight is 321 g/mol. The van der Waals surface area contributed by atoms with E-state index in [1.807, 2.05) is 17.5 Å². The van der Waals surface area contributed by atoms with E-state index in [2.05, 4.69) is 5.32 Å². The van der Waals surface area contributed by atoms with E-state index < -0.39 is 12.0 Å². The molecule has 2 aromatic rings. The standard InChI is InChI=1S/C16H16FNO3S/c1-10-8-11(5-6-13(10)17)15(16(20)21-2)18-14(19)9-12-4-3-7-22-12/h3-8,15H,9H2,1-2H3,(H,18,19)/t15-/m0/s1. The third kappa shape index (κ3) is 3.92. The molecule has 0 bridgehead atoms. The van der Waals surface area contributed by atoms with Gasteiger partial charge in [-0.3, -0.25) is 4.79 Å². The first-order chi connectivity index (χ1) is 10.5. The Kier molecular flexibility index (Phi) is 5.27. The van der Waals surface area contributed by atoms with Crippen LogP contribution < -0.4 is 5.32 Å². The molecule has 0 saturated carbocycles. The van der Waals surface area contributed by atoms with Crippen LogP contribution in [0.2, 0.25) is 0 Å². The van der Waals surface area contributed by atoms with Gasteiger partial charge < -0.3 is 10.1 Å². The Morgan fingerprint density at radius 2 is 2.14 bits per heavy atom. The summed E-state index contributed by atoms with van der Waals surface area (Å²) >= 11 is 1.47. The molecule has 116 valence electrons. The van der Waals surface area contributed by atoms with Crippen molar-refractivity contribution >= 4 is 23.2 Å². The molecule has 0 aliphatic heterocycles. The molecule has 0 spiro atoms. The van der Waals surface area contributed by atoms with E-state index in [9.17, 15) is 14.0 Å². The highest BCUT2D eigenvalue weighted by atomic mass is 32.1. The molecule has 0 fully saturated rings. The van der Waals surface area contributed by atoms with Crippen molar-refractivity contribution in [2.75, 3.05) is 7.11 Å². The van der Waals surface area contributed by atoms with Crippen LogP contribution in [0.1, 0.15) is 22.0 Å². The summed E-state index contributed by atoms with van der Waals surface area (Å²) < 4.78 is 18.1. The molecule has 1 heterocycles. The molecule has 0 aliphatic rings. The highest BCUT2D eigenvalue weighted by Crippen LogP contribution is 2.19. The SMILES string of the molecule is COC(=O)[C@@H](NC(=O)Cc1cccs1)c1ccc(F)c(C)c1. The maximum absolute atomic E-state index is 13.4. The van der Waals surface area contributed by atoms with Crippen molar-refractivity contribution in [2.45, 2.75) is 19.4 Å². The molecule has 22 heavy (non-hydrogen) atoms. The number of ether oxygens (including phenoxy) is 1. The fourth-order valence-electron chi connectivity index (χ4n) is 2.03. The van der Waals surface area contributed by atoms with Crippen molar-refractivity contribution in [3.8, 4) is 0 Å². The van der Waals surface area contributed by atoms with E-state index in [0.29, 0.717) is 11.1 Å². The van der Waals surface area contributed by atoms with Crippen molar-refractivity contribution < 1.29 is 18.7 Å². The van der Waals surface area contributed by atoms with E-state index in [0.717, 1.165) is 4.88 Å². The monoisotopic (exact) mass is 321 g/mol. The van der Waals surface area contributed by atoms with Gasteiger partial charge in [-0.05, 0) is 35.6 Å². The Morgan fingerprint density at radius 3 is 2.73 bits per heavy atom. The van der Waals surface area contributed by atoms with E-state index in [-0.39, 0.29) is 18.1 Å². The summed E-state index contributed by atoms with van der Waals surface area (Å²) in [5.74, 6) is -1.25. The van der Waals surface area contributed by atoms with E-state index in [1.54, 1.807) is 6.92 Å². The molecular formula is C16H16FNO3S. The van der Waals surface area contributed by atoms with Crippen LogP contribution in [0.15, 0.2) is 35.7 Å². The predicted molar refractivity (Wildman–Crippen MR) is 82.1 cm³/mol. The van der Waals surface area contributed by atoms with Crippen LogP contribution in [0, 0.1) is 12.7 Å². The minimum Gasteiger partial charge on any atom is -0.467 e. The van der Waals surface area contributed by atoms with Gasteiger partial charge in [-0.2, -0.15) is 0 Å². The van der Waals surface area contributed by atoms with Crippen LogP contribution in [0.5, 0.6) is 0 Å². The van der Waals surface area contributed by atoms with Crippen molar-refractivity contribution in [3.63, 3.8) is 0 Å². The number of hydrogen-bond acceptors (Lipinski definition) is 4. The molecule has 2 rings (SSSR count). The summed E-state index contributed by atoms with van der Waals surface area (Å²) in [6, 6.07) is 7.02. The summed E-state index contributed by atoms with van der Waals surface area (Å²) in [5.41, 5.74) is 0.893. The van der Waals surface area contributed by atoms with E-state index >= 15 is 0 Å². The average Bonchev–Trinajstić information content (AvgIpc) is 3.00. The van der Waals surface area contributed by atoms with Crippen LogP contribution in [-0.2, 0) is 20.7 Å². The fourth-order valence-corrected chi connectivity index (χ4v) is 2.73. The number of rotatable bonds is 5.